The molecule has 1 heterocycles. The molecule has 0 spiro atoms. The number of carbonyl (C=O) groups excluding carboxylic acids is 1. The van der Waals surface area contributed by atoms with Crippen LogP contribution in [0.4, 0.5) is 5.69 Å². The summed E-state index contributed by atoms with van der Waals surface area (Å²) >= 11 is 0. The Morgan fingerprint density at radius 2 is 1.67 bits per heavy atom. The highest BCUT2D eigenvalue weighted by Gasteiger charge is 2.26. The van der Waals surface area contributed by atoms with E-state index >= 15 is 0 Å². The van der Waals surface area contributed by atoms with Gasteiger partial charge in [0.2, 0.25) is 0 Å². The minimum Gasteiger partial charge on any atom is -0.369 e. The zero-order chi connectivity index (χ0) is 14.8. The Labute approximate surface area is 127 Å². The Morgan fingerprint density at radius 1 is 1.00 bits per heavy atom. The zero-order valence-corrected chi connectivity index (χ0v) is 13.3. The number of nitrogens with zero attached hydrogens (tertiary/aromatic N) is 2. The van der Waals surface area contributed by atoms with Crippen LogP contribution >= 0.6 is 0 Å². The molecule has 1 aromatic carbocycles. The lowest BCUT2D eigenvalue weighted by molar-refractivity contribution is 0.112. The van der Waals surface area contributed by atoms with Gasteiger partial charge in [0.15, 0.2) is 0 Å². The molecule has 0 N–H and O–H groups in total. The quantitative estimate of drug-likeness (QED) is 0.797. The lowest BCUT2D eigenvalue weighted by atomic mass is 10.0. The van der Waals surface area contributed by atoms with Crippen molar-refractivity contribution < 1.29 is 4.79 Å². The first-order chi connectivity index (χ1) is 10.2. The van der Waals surface area contributed by atoms with Crippen LogP contribution in [0.3, 0.4) is 0 Å². The van der Waals surface area contributed by atoms with Crippen LogP contribution in [0.2, 0.25) is 0 Å². The van der Waals surface area contributed by atoms with Crippen LogP contribution in [0, 0.1) is 13.8 Å². The summed E-state index contributed by atoms with van der Waals surface area (Å²) in [5, 5.41) is 0. The zero-order valence-electron chi connectivity index (χ0n) is 13.3. The van der Waals surface area contributed by atoms with E-state index < -0.39 is 0 Å². The standard InChI is InChI=1S/C18H26N2O/c1-14-12-18(15(2)11-16(14)13-21)20-9-7-19(8-10-20)17-5-3-4-6-17/h11-13,17H,3-10H2,1-2H3. The van der Waals surface area contributed by atoms with Gasteiger partial charge in [0.05, 0.1) is 0 Å². The highest BCUT2D eigenvalue weighted by Crippen LogP contribution is 2.28. The molecule has 0 bridgehead atoms. The molecule has 1 aromatic rings. The van der Waals surface area contributed by atoms with Gasteiger partial charge in [0.1, 0.15) is 6.29 Å². The molecule has 2 aliphatic rings. The molecule has 0 amide bonds. The average Bonchev–Trinajstić information content (AvgIpc) is 3.04. The number of hydrogen-bond acceptors (Lipinski definition) is 3. The number of aryl methyl sites for hydroxylation is 2. The SMILES string of the molecule is Cc1cc(N2CCN(C3CCCC3)CC2)c(C)cc1C=O. The fraction of sp³-hybridized carbons (Fsp3) is 0.611. The van der Waals surface area contributed by atoms with E-state index in [1.54, 1.807) is 0 Å². The van der Waals surface area contributed by atoms with Crippen molar-refractivity contribution in [3.05, 3.63) is 28.8 Å². The molecule has 1 aliphatic heterocycles. The Hall–Kier alpha value is -1.35. The van der Waals surface area contributed by atoms with Crippen molar-refractivity contribution in [3.63, 3.8) is 0 Å². The number of carbonyl (C=O) groups is 1. The molecular weight excluding hydrogens is 260 g/mol. The number of aldehydes is 1. The van der Waals surface area contributed by atoms with Crippen molar-refractivity contribution in [2.24, 2.45) is 0 Å². The van der Waals surface area contributed by atoms with Gasteiger partial charge in [-0.05, 0) is 49.9 Å². The first-order valence-electron chi connectivity index (χ1n) is 8.24. The summed E-state index contributed by atoms with van der Waals surface area (Å²) in [4.78, 5) is 16.2. The largest absolute Gasteiger partial charge is 0.369 e. The van der Waals surface area contributed by atoms with E-state index in [9.17, 15) is 4.79 Å². The van der Waals surface area contributed by atoms with E-state index in [4.69, 9.17) is 0 Å². The summed E-state index contributed by atoms with van der Waals surface area (Å²) in [5.74, 6) is 0. The first kappa shape index (κ1) is 14.6. The number of hydrogen-bond donors (Lipinski definition) is 0. The monoisotopic (exact) mass is 286 g/mol. The Balaban J connectivity index is 1.69. The van der Waals surface area contributed by atoms with Crippen LogP contribution in [0.5, 0.6) is 0 Å². The van der Waals surface area contributed by atoms with Crippen LogP contribution in [0.15, 0.2) is 12.1 Å². The molecule has 1 saturated carbocycles. The normalized spacial score (nSPS) is 21.0. The van der Waals surface area contributed by atoms with Crippen molar-refractivity contribution in [1.82, 2.24) is 4.90 Å². The highest BCUT2D eigenvalue weighted by atomic mass is 16.1. The predicted octanol–water partition coefficient (Wildman–Crippen LogP) is 3.18. The minimum atomic E-state index is 0.820. The third-order valence-electron chi connectivity index (χ3n) is 5.21. The molecule has 0 radical (unpaired) electrons. The molecule has 114 valence electrons. The van der Waals surface area contributed by atoms with Crippen molar-refractivity contribution in [3.8, 4) is 0 Å². The van der Waals surface area contributed by atoms with Crippen LogP contribution in [-0.2, 0) is 0 Å². The lowest BCUT2D eigenvalue weighted by Gasteiger charge is -2.39. The fourth-order valence-electron chi connectivity index (χ4n) is 3.89. The van der Waals surface area contributed by atoms with Crippen molar-refractivity contribution in [1.29, 1.82) is 0 Å². The van der Waals surface area contributed by atoms with Gasteiger partial charge in [-0.2, -0.15) is 0 Å². The highest BCUT2D eigenvalue weighted by molar-refractivity contribution is 5.79. The summed E-state index contributed by atoms with van der Waals surface area (Å²) in [5.41, 5.74) is 4.44. The summed E-state index contributed by atoms with van der Waals surface area (Å²) < 4.78 is 0. The Morgan fingerprint density at radius 3 is 2.29 bits per heavy atom. The molecular formula is C18H26N2O. The van der Waals surface area contributed by atoms with Gasteiger partial charge in [0, 0.05) is 43.5 Å². The van der Waals surface area contributed by atoms with Crippen LogP contribution < -0.4 is 4.90 Å². The number of rotatable bonds is 3. The minimum absolute atomic E-state index is 0.820. The van der Waals surface area contributed by atoms with E-state index in [0.29, 0.717) is 0 Å². The summed E-state index contributed by atoms with van der Waals surface area (Å²) in [6, 6.07) is 5.05. The van der Waals surface area contributed by atoms with E-state index in [0.717, 1.165) is 36.5 Å². The second-order valence-electron chi connectivity index (χ2n) is 6.57. The van der Waals surface area contributed by atoms with Crippen molar-refractivity contribution in [2.75, 3.05) is 31.1 Å². The van der Waals surface area contributed by atoms with Gasteiger partial charge < -0.3 is 4.90 Å². The van der Waals surface area contributed by atoms with E-state index in [-0.39, 0.29) is 0 Å². The molecule has 21 heavy (non-hydrogen) atoms. The van der Waals surface area contributed by atoms with Gasteiger partial charge in [-0.25, -0.2) is 0 Å². The molecule has 3 nitrogen and oxygen atoms in total. The maximum Gasteiger partial charge on any atom is 0.150 e. The fourth-order valence-corrected chi connectivity index (χ4v) is 3.89. The maximum atomic E-state index is 11.0. The van der Waals surface area contributed by atoms with E-state index in [2.05, 4.69) is 22.8 Å². The molecule has 1 saturated heterocycles. The van der Waals surface area contributed by atoms with Gasteiger partial charge >= 0.3 is 0 Å². The molecule has 0 unspecified atom stereocenters. The van der Waals surface area contributed by atoms with Gasteiger partial charge in [-0.3, -0.25) is 9.69 Å². The molecule has 3 heteroatoms. The Bertz CT molecular complexity index is 512. The number of piperazine rings is 1. The van der Waals surface area contributed by atoms with E-state index in [1.807, 2.05) is 13.0 Å². The third-order valence-corrected chi connectivity index (χ3v) is 5.21. The lowest BCUT2D eigenvalue weighted by Crippen LogP contribution is -2.49. The van der Waals surface area contributed by atoms with E-state index in [1.165, 1.54) is 50.0 Å². The first-order valence-corrected chi connectivity index (χ1v) is 8.24. The summed E-state index contributed by atoms with van der Waals surface area (Å²) in [6.07, 6.45) is 6.58. The number of anilines is 1. The number of benzene rings is 1. The van der Waals surface area contributed by atoms with Crippen LogP contribution in [-0.4, -0.2) is 43.4 Å². The van der Waals surface area contributed by atoms with Gasteiger partial charge in [0.25, 0.3) is 0 Å². The van der Waals surface area contributed by atoms with Crippen molar-refractivity contribution >= 4 is 12.0 Å². The maximum absolute atomic E-state index is 11.0. The average molecular weight is 286 g/mol. The molecule has 2 fully saturated rings. The molecule has 3 rings (SSSR count). The molecule has 1 aliphatic carbocycles. The van der Waals surface area contributed by atoms with Gasteiger partial charge in [-0.1, -0.05) is 12.8 Å². The topological polar surface area (TPSA) is 23.6 Å². The predicted molar refractivity (Wildman–Crippen MR) is 87.3 cm³/mol. The third kappa shape index (κ3) is 2.98. The summed E-state index contributed by atoms with van der Waals surface area (Å²) in [7, 11) is 0. The Kier molecular flexibility index (Phi) is 4.29. The van der Waals surface area contributed by atoms with Crippen LogP contribution in [0.25, 0.3) is 0 Å². The van der Waals surface area contributed by atoms with Gasteiger partial charge in [-0.15, -0.1) is 0 Å². The molecule has 0 atom stereocenters. The summed E-state index contributed by atoms with van der Waals surface area (Å²) in [6.45, 7) is 8.72. The van der Waals surface area contributed by atoms with Crippen molar-refractivity contribution in [2.45, 2.75) is 45.6 Å². The molecule has 0 aromatic heterocycles. The second-order valence-corrected chi connectivity index (χ2v) is 6.57. The van der Waals surface area contributed by atoms with Crippen LogP contribution in [0.1, 0.15) is 47.2 Å². The second kappa shape index (κ2) is 6.18. The smallest absolute Gasteiger partial charge is 0.150 e.